The topological polar surface area (TPSA) is 45.9 Å². The van der Waals surface area contributed by atoms with Crippen LogP contribution in [0.1, 0.15) is 29.2 Å². The van der Waals surface area contributed by atoms with Crippen molar-refractivity contribution >= 4 is 21.7 Å². The fraction of sp³-hybridized carbons (Fsp3) is 0.200. The highest BCUT2D eigenvalue weighted by molar-refractivity contribution is 6.08. The third-order valence-electron chi connectivity index (χ3n) is 5.79. The molecule has 0 spiro atoms. The number of ether oxygens (including phenoxy) is 1. The molecule has 0 saturated carbocycles. The average Bonchev–Trinajstić information content (AvgIpc) is 2.73. The van der Waals surface area contributed by atoms with Gasteiger partial charge in [-0.1, -0.05) is 19.1 Å². The largest absolute Gasteiger partial charge is 0.493 e. The molecule has 2 heterocycles. The third-order valence-corrected chi connectivity index (χ3v) is 5.79. The van der Waals surface area contributed by atoms with E-state index in [9.17, 15) is 5.26 Å². The third kappa shape index (κ3) is 2.38. The Morgan fingerprint density at radius 2 is 2.04 bits per heavy atom. The molecule has 1 aliphatic rings. The summed E-state index contributed by atoms with van der Waals surface area (Å²) < 4.78 is 5.91. The zero-order valence-corrected chi connectivity index (χ0v) is 16.0. The van der Waals surface area contributed by atoms with Crippen molar-refractivity contribution in [2.45, 2.75) is 26.7 Å². The van der Waals surface area contributed by atoms with Gasteiger partial charge < -0.3 is 4.74 Å². The molecular weight excluding hydrogens is 344 g/mol. The molecule has 0 fully saturated rings. The van der Waals surface area contributed by atoms with Crippen molar-refractivity contribution in [2.75, 3.05) is 6.61 Å². The first kappa shape index (κ1) is 16.8. The number of benzene rings is 3. The highest BCUT2D eigenvalue weighted by Crippen LogP contribution is 2.42. The number of nitrogens with zero attached hydrogens (tertiary/aromatic N) is 2. The lowest BCUT2D eigenvalue weighted by atomic mass is 9.86. The second-order valence-corrected chi connectivity index (χ2v) is 7.35. The van der Waals surface area contributed by atoms with Gasteiger partial charge >= 0.3 is 0 Å². The maximum atomic E-state index is 9.32. The standard InChI is InChI=1S/C25H20N2O/c1-3-19-15(2)12-18-13-16(14-26)4-5-20(18)24(19)21-6-7-22-23-17(9-11-28-22)8-10-27-25(21)23/h4-8,10,12-13H,3,9,11H2,1-2H3. The van der Waals surface area contributed by atoms with E-state index in [2.05, 4.69) is 50.2 Å². The Morgan fingerprint density at radius 1 is 1.14 bits per heavy atom. The average molecular weight is 364 g/mol. The van der Waals surface area contributed by atoms with Crippen LogP contribution in [0, 0.1) is 18.3 Å². The minimum absolute atomic E-state index is 0.686. The summed E-state index contributed by atoms with van der Waals surface area (Å²) in [6, 6.07) is 16.7. The molecule has 3 aromatic carbocycles. The van der Waals surface area contributed by atoms with Gasteiger partial charge in [-0.2, -0.15) is 5.26 Å². The van der Waals surface area contributed by atoms with E-state index in [1.807, 2.05) is 18.3 Å². The summed E-state index contributed by atoms with van der Waals surface area (Å²) in [5.74, 6) is 0.926. The summed E-state index contributed by atoms with van der Waals surface area (Å²) in [7, 11) is 0. The molecule has 136 valence electrons. The molecule has 5 rings (SSSR count). The van der Waals surface area contributed by atoms with Gasteiger partial charge in [0, 0.05) is 23.6 Å². The summed E-state index contributed by atoms with van der Waals surface area (Å²) in [6.07, 6.45) is 3.76. The van der Waals surface area contributed by atoms with Gasteiger partial charge in [-0.3, -0.25) is 4.98 Å². The zero-order valence-electron chi connectivity index (χ0n) is 16.0. The van der Waals surface area contributed by atoms with Crippen molar-refractivity contribution in [1.29, 1.82) is 5.26 Å². The van der Waals surface area contributed by atoms with Gasteiger partial charge in [0.25, 0.3) is 0 Å². The van der Waals surface area contributed by atoms with E-state index < -0.39 is 0 Å². The first-order valence-corrected chi connectivity index (χ1v) is 9.71. The van der Waals surface area contributed by atoms with E-state index >= 15 is 0 Å². The second-order valence-electron chi connectivity index (χ2n) is 7.35. The van der Waals surface area contributed by atoms with Crippen LogP contribution in [0.5, 0.6) is 5.75 Å². The lowest BCUT2D eigenvalue weighted by Gasteiger charge is -2.21. The molecule has 4 aromatic rings. The number of rotatable bonds is 2. The molecular formula is C25H20N2O. The van der Waals surface area contributed by atoms with Crippen LogP contribution < -0.4 is 4.74 Å². The van der Waals surface area contributed by atoms with Crippen molar-refractivity contribution in [3.05, 3.63) is 70.9 Å². The predicted molar refractivity (Wildman–Crippen MR) is 113 cm³/mol. The van der Waals surface area contributed by atoms with Crippen LogP contribution >= 0.6 is 0 Å². The molecule has 0 radical (unpaired) electrons. The van der Waals surface area contributed by atoms with Crippen LogP contribution in [0.4, 0.5) is 0 Å². The first-order valence-electron chi connectivity index (χ1n) is 9.71. The van der Waals surface area contributed by atoms with Crippen LogP contribution in [0.2, 0.25) is 0 Å². The van der Waals surface area contributed by atoms with E-state index in [0.717, 1.165) is 47.1 Å². The molecule has 3 heteroatoms. The van der Waals surface area contributed by atoms with Gasteiger partial charge in [0.15, 0.2) is 0 Å². The Bertz CT molecular complexity index is 1290. The van der Waals surface area contributed by atoms with Crippen molar-refractivity contribution in [3.63, 3.8) is 0 Å². The van der Waals surface area contributed by atoms with Crippen LogP contribution in [0.3, 0.4) is 0 Å². The summed E-state index contributed by atoms with van der Waals surface area (Å²) in [5.41, 5.74) is 7.93. The fourth-order valence-corrected chi connectivity index (χ4v) is 4.53. The lowest BCUT2D eigenvalue weighted by molar-refractivity contribution is 0.318. The minimum atomic E-state index is 0.686. The highest BCUT2D eigenvalue weighted by atomic mass is 16.5. The molecule has 0 amide bonds. The predicted octanol–water partition coefficient (Wildman–Crippen LogP) is 5.73. The van der Waals surface area contributed by atoms with E-state index in [-0.39, 0.29) is 0 Å². The smallest absolute Gasteiger partial charge is 0.129 e. The molecule has 28 heavy (non-hydrogen) atoms. The maximum Gasteiger partial charge on any atom is 0.129 e. The van der Waals surface area contributed by atoms with Crippen molar-refractivity contribution in [1.82, 2.24) is 4.98 Å². The first-order chi connectivity index (χ1) is 13.7. The molecule has 3 nitrogen and oxygen atoms in total. The zero-order chi connectivity index (χ0) is 19.3. The van der Waals surface area contributed by atoms with Crippen molar-refractivity contribution < 1.29 is 4.74 Å². The molecule has 0 atom stereocenters. The van der Waals surface area contributed by atoms with Gasteiger partial charge in [0.05, 0.1) is 23.8 Å². The molecule has 0 aliphatic carbocycles. The Kier molecular flexibility index (Phi) is 3.80. The molecule has 1 aliphatic heterocycles. The lowest BCUT2D eigenvalue weighted by Crippen LogP contribution is -2.09. The van der Waals surface area contributed by atoms with Crippen molar-refractivity contribution in [2.24, 2.45) is 0 Å². The molecule has 0 bridgehead atoms. The number of nitriles is 1. The van der Waals surface area contributed by atoms with Gasteiger partial charge in [0.1, 0.15) is 5.75 Å². The van der Waals surface area contributed by atoms with Gasteiger partial charge in [-0.15, -0.1) is 0 Å². The van der Waals surface area contributed by atoms with E-state index in [1.54, 1.807) is 0 Å². The monoisotopic (exact) mass is 364 g/mol. The summed E-state index contributed by atoms with van der Waals surface area (Å²) in [6.45, 7) is 5.07. The number of aryl methyl sites for hydroxylation is 1. The van der Waals surface area contributed by atoms with E-state index in [4.69, 9.17) is 9.72 Å². The minimum Gasteiger partial charge on any atom is -0.493 e. The molecule has 1 aromatic heterocycles. The SMILES string of the molecule is CCc1c(C)cc2cc(C#N)ccc2c1-c1ccc2c3c(ccnc13)CCO2. The van der Waals surface area contributed by atoms with Crippen LogP contribution in [-0.4, -0.2) is 11.6 Å². The number of pyridine rings is 1. The van der Waals surface area contributed by atoms with Crippen molar-refractivity contribution in [3.8, 4) is 22.9 Å². The summed E-state index contributed by atoms with van der Waals surface area (Å²) in [4.78, 5) is 4.77. The summed E-state index contributed by atoms with van der Waals surface area (Å²) >= 11 is 0. The Labute approximate surface area is 164 Å². The van der Waals surface area contributed by atoms with E-state index in [0.29, 0.717) is 5.56 Å². The number of hydrogen-bond acceptors (Lipinski definition) is 3. The Balaban J connectivity index is 1.93. The van der Waals surface area contributed by atoms with Gasteiger partial charge in [-0.05, 0) is 76.7 Å². The van der Waals surface area contributed by atoms with Gasteiger partial charge in [0.2, 0.25) is 0 Å². The number of fused-ring (bicyclic) bond motifs is 1. The summed E-state index contributed by atoms with van der Waals surface area (Å²) in [5, 5.41) is 12.7. The fourth-order valence-electron chi connectivity index (χ4n) is 4.53. The number of hydrogen-bond donors (Lipinski definition) is 0. The molecule has 0 unspecified atom stereocenters. The molecule has 0 N–H and O–H groups in total. The van der Waals surface area contributed by atoms with Gasteiger partial charge in [-0.25, -0.2) is 0 Å². The van der Waals surface area contributed by atoms with Crippen LogP contribution in [0.15, 0.2) is 48.7 Å². The molecule has 0 saturated heterocycles. The maximum absolute atomic E-state index is 9.32. The van der Waals surface area contributed by atoms with E-state index in [1.165, 1.54) is 27.6 Å². The Hall–Kier alpha value is -3.38. The highest BCUT2D eigenvalue weighted by Gasteiger charge is 2.20. The quantitative estimate of drug-likeness (QED) is 0.456. The van der Waals surface area contributed by atoms with Crippen LogP contribution in [-0.2, 0) is 12.8 Å². The van der Waals surface area contributed by atoms with Crippen LogP contribution in [0.25, 0.3) is 32.8 Å². The normalized spacial score (nSPS) is 12.8. The Morgan fingerprint density at radius 3 is 2.86 bits per heavy atom. The second kappa shape index (κ2) is 6.35. The number of aromatic nitrogens is 1.